The molecule has 0 radical (unpaired) electrons. The summed E-state index contributed by atoms with van der Waals surface area (Å²) in [5.74, 6) is -0.875. The van der Waals surface area contributed by atoms with E-state index in [1.165, 1.54) is 7.11 Å². The number of amides is 1. The minimum Gasteiger partial charge on any atom is -0.465 e. The lowest BCUT2D eigenvalue weighted by atomic mass is 10.0. The summed E-state index contributed by atoms with van der Waals surface area (Å²) in [6.07, 6.45) is -0.359. The normalized spacial score (nSPS) is 16.0. The van der Waals surface area contributed by atoms with E-state index in [2.05, 4.69) is 10.5 Å². The second-order valence-electron chi connectivity index (χ2n) is 5.23. The summed E-state index contributed by atoms with van der Waals surface area (Å²) >= 11 is 0. The van der Waals surface area contributed by atoms with Crippen LogP contribution in [0.3, 0.4) is 0 Å². The number of hydrogen-bond donors (Lipinski definition) is 1. The maximum atomic E-state index is 12.4. The Kier molecular flexibility index (Phi) is 4.56. The van der Waals surface area contributed by atoms with Crippen LogP contribution in [0.15, 0.2) is 59.8 Å². The summed E-state index contributed by atoms with van der Waals surface area (Å²) in [5, 5.41) is 6.69. The van der Waals surface area contributed by atoms with Crippen molar-refractivity contribution in [2.45, 2.75) is 12.5 Å². The molecule has 1 atom stereocenters. The molecule has 1 aliphatic heterocycles. The fourth-order valence-electron chi connectivity index (χ4n) is 2.41. The van der Waals surface area contributed by atoms with Gasteiger partial charge in [-0.05, 0) is 17.7 Å². The van der Waals surface area contributed by atoms with Gasteiger partial charge in [0.2, 0.25) is 6.10 Å². The molecule has 6 nitrogen and oxygen atoms in total. The van der Waals surface area contributed by atoms with E-state index < -0.39 is 12.1 Å². The number of methoxy groups -OCH3 is 1. The van der Waals surface area contributed by atoms with Gasteiger partial charge in [0.25, 0.3) is 5.91 Å². The van der Waals surface area contributed by atoms with Crippen molar-refractivity contribution in [3.8, 4) is 0 Å². The summed E-state index contributed by atoms with van der Waals surface area (Å²) in [5.41, 5.74) is 2.31. The van der Waals surface area contributed by atoms with Gasteiger partial charge in [-0.3, -0.25) is 4.79 Å². The molecule has 0 spiro atoms. The largest absolute Gasteiger partial charge is 0.465 e. The number of rotatable bonds is 4. The first-order valence-corrected chi connectivity index (χ1v) is 7.45. The fraction of sp³-hybridized carbons (Fsp3) is 0.167. The number of esters is 1. The number of nitrogens with zero attached hydrogens (tertiary/aromatic N) is 1. The van der Waals surface area contributed by atoms with Gasteiger partial charge < -0.3 is 14.9 Å². The van der Waals surface area contributed by atoms with Crippen LogP contribution in [-0.4, -0.2) is 30.8 Å². The molecule has 2 aromatic rings. The molecule has 1 N–H and O–H groups in total. The van der Waals surface area contributed by atoms with Crippen LogP contribution in [0.5, 0.6) is 0 Å². The first-order valence-electron chi connectivity index (χ1n) is 7.45. The predicted octanol–water partition coefficient (Wildman–Crippen LogP) is 2.60. The molecule has 122 valence electrons. The Hall–Kier alpha value is -3.15. The van der Waals surface area contributed by atoms with Crippen molar-refractivity contribution < 1.29 is 19.2 Å². The maximum Gasteiger partial charge on any atom is 0.339 e. The summed E-state index contributed by atoms with van der Waals surface area (Å²) < 4.78 is 4.71. The molecule has 6 heteroatoms. The number of carbonyl (C=O) groups excluding carboxylic acids is 2. The van der Waals surface area contributed by atoms with Crippen molar-refractivity contribution in [2.24, 2.45) is 5.16 Å². The number of nitrogens with one attached hydrogen (secondary N) is 1. The lowest BCUT2D eigenvalue weighted by molar-refractivity contribution is -0.125. The van der Waals surface area contributed by atoms with Crippen LogP contribution in [0.2, 0.25) is 0 Å². The standard InChI is InChI=1S/C18H16N2O4/c1-23-18(22)13-9-5-6-10-14(13)19-17(21)16-11-15(20-24-16)12-7-3-2-4-8-12/h2-10,16H,11H2,1H3,(H,19,21)/t16-/m0/s1. The third-order valence-corrected chi connectivity index (χ3v) is 3.66. The first kappa shape index (κ1) is 15.7. The van der Waals surface area contributed by atoms with Crippen molar-refractivity contribution in [3.05, 3.63) is 65.7 Å². The zero-order valence-corrected chi connectivity index (χ0v) is 13.1. The Morgan fingerprint density at radius 2 is 1.83 bits per heavy atom. The minimum atomic E-state index is -0.731. The average molecular weight is 324 g/mol. The van der Waals surface area contributed by atoms with Crippen LogP contribution in [0.4, 0.5) is 5.69 Å². The van der Waals surface area contributed by atoms with E-state index in [-0.39, 0.29) is 11.5 Å². The molecule has 0 bridgehead atoms. The summed E-state index contributed by atoms with van der Waals surface area (Å²) in [4.78, 5) is 29.4. The summed E-state index contributed by atoms with van der Waals surface area (Å²) in [7, 11) is 1.29. The number of oxime groups is 1. The van der Waals surface area contributed by atoms with Gasteiger partial charge in [0.15, 0.2) is 0 Å². The molecule has 0 saturated heterocycles. The van der Waals surface area contributed by atoms with Crippen molar-refractivity contribution >= 4 is 23.3 Å². The third-order valence-electron chi connectivity index (χ3n) is 3.66. The van der Waals surface area contributed by atoms with Gasteiger partial charge in [0.1, 0.15) is 0 Å². The highest BCUT2D eigenvalue weighted by Gasteiger charge is 2.29. The third kappa shape index (κ3) is 3.27. The van der Waals surface area contributed by atoms with E-state index in [9.17, 15) is 9.59 Å². The number of benzene rings is 2. The highest BCUT2D eigenvalue weighted by molar-refractivity contribution is 6.07. The van der Waals surface area contributed by atoms with E-state index in [1.807, 2.05) is 30.3 Å². The van der Waals surface area contributed by atoms with Gasteiger partial charge in [-0.25, -0.2) is 4.79 Å². The molecule has 1 aliphatic rings. The van der Waals surface area contributed by atoms with Crippen molar-refractivity contribution in [2.75, 3.05) is 12.4 Å². The van der Waals surface area contributed by atoms with Gasteiger partial charge in [0, 0.05) is 6.42 Å². The van der Waals surface area contributed by atoms with Crippen LogP contribution < -0.4 is 5.32 Å². The first-order chi connectivity index (χ1) is 11.7. The van der Waals surface area contributed by atoms with Crippen molar-refractivity contribution in [1.82, 2.24) is 0 Å². The lowest BCUT2D eigenvalue weighted by Gasteiger charge is -2.12. The van der Waals surface area contributed by atoms with E-state index in [1.54, 1.807) is 24.3 Å². The van der Waals surface area contributed by atoms with Gasteiger partial charge in [-0.15, -0.1) is 0 Å². The van der Waals surface area contributed by atoms with Crippen LogP contribution in [-0.2, 0) is 14.4 Å². The Morgan fingerprint density at radius 3 is 2.58 bits per heavy atom. The van der Waals surface area contributed by atoms with Crippen LogP contribution >= 0.6 is 0 Å². The molecule has 0 aromatic heterocycles. The second kappa shape index (κ2) is 6.95. The quantitative estimate of drug-likeness (QED) is 0.877. The summed E-state index contributed by atoms with van der Waals surface area (Å²) in [6.45, 7) is 0. The molecule has 0 fully saturated rings. The predicted molar refractivity (Wildman–Crippen MR) is 88.9 cm³/mol. The van der Waals surface area contributed by atoms with Crippen LogP contribution in [0.1, 0.15) is 22.3 Å². The maximum absolute atomic E-state index is 12.4. The average Bonchev–Trinajstić information content (AvgIpc) is 3.12. The van der Waals surface area contributed by atoms with Gasteiger partial charge >= 0.3 is 5.97 Å². The number of ether oxygens (including phenoxy) is 1. The van der Waals surface area contributed by atoms with E-state index in [0.717, 1.165) is 11.3 Å². The van der Waals surface area contributed by atoms with Crippen molar-refractivity contribution in [1.29, 1.82) is 0 Å². The Morgan fingerprint density at radius 1 is 1.12 bits per heavy atom. The lowest BCUT2D eigenvalue weighted by Crippen LogP contribution is -2.28. The molecule has 1 heterocycles. The molecule has 24 heavy (non-hydrogen) atoms. The highest BCUT2D eigenvalue weighted by atomic mass is 16.6. The molecule has 0 saturated carbocycles. The van der Waals surface area contributed by atoms with Gasteiger partial charge in [-0.2, -0.15) is 0 Å². The number of carbonyl (C=O) groups is 2. The topological polar surface area (TPSA) is 77.0 Å². The number of para-hydroxylation sites is 1. The second-order valence-corrected chi connectivity index (χ2v) is 5.23. The molecular formula is C18H16N2O4. The van der Waals surface area contributed by atoms with Crippen LogP contribution in [0.25, 0.3) is 0 Å². The zero-order valence-electron chi connectivity index (χ0n) is 13.1. The molecule has 1 amide bonds. The molecule has 2 aromatic carbocycles. The summed E-state index contributed by atoms with van der Waals surface area (Å²) in [6, 6.07) is 16.2. The number of hydrogen-bond acceptors (Lipinski definition) is 5. The van der Waals surface area contributed by atoms with E-state index in [0.29, 0.717) is 12.1 Å². The fourth-order valence-corrected chi connectivity index (χ4v) is 2.41. The highest BCUT2D eigenvalue weighted by Crippen LogP contribution is 2.20. The molecule has 3 rings (SSSR count). The van der Waals surface area contributed by atoms with Gasteiger partial charge in [-0.1, -0.05) is 47.6 Å². The monoisotopic (exact) mass is 324 g/mol. The van der Waals surface area contributed by atoms with E-state index in [4.69, 9.17) is 9.57 Å². The molecule has 0 aliphatic carbocycles. The van der Waals surface area contributed by atoms with Crippen molar-refractivity contribution in [3.63, 3.8) is 0 Å². The molecular weight excluding hydrogens is 308 g/mol. The molecule has 0 unspecified atom stereocenters. The zero-order chi connectivity index (χ0) is 16.9. The van der Waals surface area contributed by atoms with Crippen LogP contribution in [0, 0.1) is 0 Å². The minimum absolute atomic E-state index is 0.288. The number of anilines is 1. The smallest absolute Gasteiger partial charge is 0.339 e. The van der Waals surface area contributed by atoms with Gasteiger partial charge in [0.05, 0.1) is 24.1 Å². The Bertz CT molecular complexity index is 787. The SMILES string of the molecule is COC(=O)c1ccccc1NC(=O)[C@@H]1CC(c2ccccc2)=NO1. The Labute approximate surface area is 139 Å². The Balaban J connectivity index is 1.69. The van der Waals surface area contributed by atoms with E-state index >= 15 is 0 Å².